The van der Waals surface area contributed by atoms with Gasteiger partial charge in [0.15, 0.2) is 5.78 Å². The number of para-hydroxylation sites is 1. The Bertz CT molecular complexity index is 2000. The number of fused-ring (bicyclic) bond motifs is 2. The number of aryl methyl sites for hydroxylation is 1. The van der Waals surface area contributed by atoms with Gasteiger partial charge in [-0.3, -0.25) is 14.2 Å². The van der Waals surface area contributed by atoms with Crippen molar-refractivity contribution >= 4 is 45.7 Å². The second-order valence-corrected chi connectivity index (χ2v) is 12.6. The first-order chi connectivity index (χ1) is 22.2. The normalized spacial score (nSPS) is 17.3. The molecule has 3 aromatic carbocycles. The van der Waals surface area contributed by atoms with Gasteiger partial charge in [0.25, 0.3) is 5.56 Å². The SMILES string of the molecule is Cc1ccc(-c2cc3cnc(Nc4ccc(OC5CCN(C)CC5)cc4)nc3n(C3CN(C)c4ccccc4C3=O)c2=O)c(Cl)c1. The third-order valence-electron chi connectivity index (χ3n) is 8.91. The van der Waals surface area contributed by atoms with Crippen molar-refractivity contribution in [2.24, 2.45) is 0 Å². The zero-order valence-electron chi connectivity index (χ0n) is 26.0. The molecular formula is C36H35ClN6O3. The Kier molecular flexibility index (Phi) is 7.96. The summed E-state index contributed by atoms with van der Waals surface area (Å²) in [4.78, 5) is 42.1. The van der Waals surface area contributed by atoms with Crippen LogP contribution in [0.1, 0.15) is 34.8 Å². The number of carbonyl (C=O) groups excluding carboxylic acids is 1. The number of ketones is 1. The molecule has 2 aromatic heterocycles. The van der Waals surface area contributed by atoms with Crippen LogP contribution in [-0.4, -0.2) is 65.1 Å². The van der Waals surface area contributed by atoms with Crippen molar-refractivity contribution in [3.8, 4) is 16.9 Å². The van der Waals surface area contributed by atoms with Crippen molar-refractivity contribution in [1.82, 2.24) is 19.4 Å². The highest BCUT2D eigenvalue weighted by Crippen LogP contribution is 2.34. The van der Waals surface area contributed by atoms with E-state index in [1.54, 1.807) is 18.3 Å². The largest absolute Gasteiger partial charge is 0.490 e. The minimum absolute atomic E-state index is 0.141. The quantitative estimate of drug-likeness (QED) is 0.226. The van der Waals surface area contributed by atoms with Crippen LogP contribution in [0.3, 0.4) is 0 Å². The van der Waals surface area contributed by atoms with Crippen molar-refractivity contribution in [3.63, 3.8) is 0 Å². The molecular weight excluding hydrogens is 600 g/mol. The van der Waals surface area contributed by atoms with Crippen LogP contribution in [0.4, 0.5) is 17.3 Å². The molecule has 0 saturated carbocycles. The fraction of sp³-hybridized carbons (Fsp3) is 0.278. The smallest absolute Gasteiger partial charge is 0.260 e. The second-order valence-electron chi connectivity index (χ2n) is 12.2. The molecule has 1 saturated heterocycles. The fourth-order valence-corrected chi connectivity index (χ4v) is 6.71. The molecule has 1 atom stereocenters. The summed E-state index contributed by atoms with van der Waals surface area (Å²) in [6, 6.07) is 21.7. The topological polar surface area (TPSA) is 92.6 Å². The molecule has 0 aliphatic carbocycles. The average Bonchev–Trinajstić information content (AvgIpc) is 3.05. The van der Waals surface area contributed by atoms with E-state index in [1.165, 1.54) is 4.57 Å². The molecule has 0 bridgehead atoms. The summed E-state index contributed by atoms with van der Waals surface area (Å²) in [5.41, 5.74) is 4.15. The Morgan fingerprint density at radius 1 is 0.913 bits per heavy atom. The first kappa shape index (κ1) is 30.0. The molecule has 1 unspecified atom stereocenters. The lowest BCUT2D eigenvalue weighted by molar-refractivity contribution is 0.0922. The number of hydrogen-bond acceptors (Lipinski definition) is 8. The zero-order valence-corrected chi connectivity index (χ0v) is 26.8. The molecule has 0 amide bonds. The van der Waals surface area contributed by atoms with E-state index in [9.17, 15) is 9.59 Å². The summed E-state index contributed by atoms with van der Waals surface area (Å²) in [5.74, 6) is 0.983. The van der Waals surface area contributed by atoms with Crippen LogP contribution in [0.5, 0.6) is 5.75 Å². The third kappa shape index (κ3) is 5.72. The van der Waals surface area contributed by atoms with Gasteiger partial charge in [-0.05, 0) is 80.9 Å². The van der Waals surface area contributed by atoms with Gasteiger partial charge in [-0.25, -0.2) is 4.98 Å². The summed E-state index contributed by atoms with van der Waals surface area (Å²) < 4.78 is 7.71. The number of nitrogens with zero attached hydrogens (tertiary/aromatic N) is 5. The number of nitrogens with one attached hydrogen (secondary N) is 1. The number of aromatic nitrogens is 3. The standard InChI is InChI=1S/C36H35ClN6O3/c1-22-8-13-27(30(37)18-22)29-19-23-20-38-36(39-24-9-11-25(12-10-24)46-26-14-16-41(2)17-15-26)40-34(23)43(35(29)45)32-21-42(3)31-7-5-4-6-28(31)33(32)44/h4-13,18-20,26,32H,14-17,21H2,1-3H3,(H,38,39,40). The van der Waals surface area contributed by atoms with Crippen molar-refractivity contribution in [3.05, 3.63) is 105 Å². The van der Waals surface area contributed by atoms with Gasteiger partial charge in [0, 0.05) is 71.4 Å². The first-order valence-corrected chi connectivity index (χ1v) is 15.9. The van der Waals surface area contributed by atoms with E-state index >= 15 is 0 Å². The second kappa shape index (κ2) is 12.2. The Balaban J connectivity index is 1.27. The van der Waals surface area contributed by atoms with Crippen molar-refractivity contribution in [1.29, 1.82) is 0 Å². The molecule has 0 radical (unpaired) electrons. The summed E-state index contributed by atoms with van der Waals surface area (Å²) >= 11 is 6.66. The molecule has 234 valence electrons. The Labute approximate surface area is 272 Å². The van der Waals surface area contributed by atoms with Crippen LogP contribution < -0.4 is 20.5 Å². The lowest BCUT2D eigenvalue weighted by Gasteiger charge is -2.33. The van der Waals surface area contributed by atoms with Crippen molar-refractivity contribution in [2.75, 3.05) is 43.9 Å². The maximum atomic E-state index is 14.4. The number of halogens is 1. The number of likely N-dealkylation sites (tertiary alicyclic amines) is 1. The van der Waals surface area contributed by atoms with Gasteiger partial charge >= 0.3 is 0 Å². The van der Waals surface area contributed by atoms with Gasteiger partial charge in [-0.2, -0.15) is 4.98 Å². The number of piperidine rings is 1. The van der Waals surface area contributed by atoms with Crippen LogP contribution in [0, 0.1) is 6.92 Å². The molecule has 10 heteroatoms. The number of Topliss-reactive ketones (excluding diaryl/α,β-unsaturated/α-hetero) is 1. The number of carbonyl (C=O) groups is 1. The van der Waals surface area contributed by atoms with Gasteiger partial charge < -0.3 is 19.9 Å². The van der Waals surface area contributed by atoms with E-state index in [0.29, 0.717) is 45.2 Å². The lowest BCUT2D eigenvalue weighted by Crippen LogP contribution is -2.42. The number of anilines is 3. The Hall–Kier alpha value is -4.73. The third-order valence-corrected chi connectivity index (χ3v) is 9.22. The number of likely N-dealkylation sites (N-methyl/N-ethyl adjacent to an activating group) is 1. The van der Waals surface area contributed by atoms with E-state index in [-0.39, 0.29) is 17.4 Å². The Morgan fingerprint density at radius 3 is 2.43 bits per heavy atom. The van der Waals surface area contributed by atoms with Gasteiger partial charge in [0.2, 0.25) is 5.95 Å². The number of benzene rings is 3. The average molecular weight is 635 g/mol. The highest BCUT2D eigenvalue weighted by molar-refractivity contribution is 6.33. The maximum absolute atomic E-state index is 14.4. The minimum Gasteiger partial charge on any atom is -0.490 e. The molecule has 2 aliphatic rings. The zero-order chi connectivity index (χ0) is 31.9. The van der Waals surface area contributed by atoms with Gasteiger partial charge in [-0.15, -0.1) is 0 Å². The van der Waals surface area contributed by atoms with Gasteiger partial charge in [-0.1, -0.05) is 35.9 Å². The highest BCUT2D eigenvalue weighted by atomic mass is 35.5. The van der Waals surface area contributed by atoms with Crippen LogP contribution in [0.2, 0.25) is 5.02 Å². The van der Waals surface area contributed by atoms with E-state index in [4.69, 9.17) is 21.3 Å². The maximum Gasteiger partial charge on any atom is 0.260 e. The minimum atomic E-state index is -0.808. The molecule has 9 nitrogen and oxygen atoms in total. The number of ether oxygens (including phenoxy) is 1. The molecule has 46 heavy (non-hydrogen) atoms. The first-order valence-electron chi connectivity index (χ1n) is 15.5. The highest BCUT2D eigenvalue weighted by Gasteiger charge is 2.34. The van der Waals surface area contributed by atoms with E-state index in [0.717, 1.165) is 48.6 Å². The predicted octanol–water partition coefficient (Wildman–Crippen LogP) is 6.51. The van der Waals surface area contributed by atoms with Crippen LogP contribution in [0.25, 0.3) is 22.2 Å². The number of pyridine rings is 1. The van der Waals surface area contributed by atoms with Crippen LogP contribution in [0.15, 0.2) is 83.8 Å². The summed E-state index contributed by atoms with van der Waals surface area (Å²) in [5, 5.41) is 4.34. The summed E-state index contributed by atoms with van der Waals surface area (Å²) in [6.45, 7) is 4.31. The number of hydrogen-bond donors (Lipinski definition) is 1. The molecule has 1 N–H and O–H groups in total. The monoisotopic (exact) mass is 634 g/mol. The van der Waals surface area contributed by atoms with Crippen molar-refractivity contribution in [2.45, 2.75) is 31.9 Å². The van der Waals surface area contributed by atoms with Gasteiger partial charge in [0.05, 0.1) is 0 Å². The van der Waals surface area contributed by atoms with Crippen molar-refractivity contribution < 1.29 is 9.53 Å². The summed E-state index contributed by atoms with van der Waals surface area (Å²) in [6.07, 6.45) is 3.90. The molecule has 2 aliphatic heterocycles. The van der Waals surface area contributed by atoms with E-state index < -0.39 is 6.04 Å². The Morgan fingerprint density at radius 2 is 1.67 bits per heavy atom. The van der Waals surface area contributed by atoms with E-state index in [1.807, 2.05) is 79.5 Å². The molecule has 0 spiro atoms. The number of rotatable bonds is 6. The fourth-order valence-electron chi connectivity index (χ4n) is 6.38. The molecule has 5 aromatic rings. The summed E-state index contributed by atoms with van der Waals surface area (Å²) in [7, 11) is 4.06. The molecule has 7 rings (SSSR count). The van der Waals surface area contributed by atoms with Crippen LogP contribution in [-0.2, 0) is 0 Å². The van der Waals surface area contributed by atoms with Crippen LogP contribution >= 0.6 is 11.6 Å². The lowest BCUT2D eigenvalue weighted by atomic mass is 9.95. The van der Waals surface area contributed by atoms with E-state index in [2.05, 4.69) is 22.2 Å². The molecule has 1 fully saturated rings. The predicted molar refractivity (Wildman–Crippen MR) is 183 cm³/mol. The molecule has 4 heterocycles. The van der Waals surface area contributed by atoms with Gasteiger partial charge in [0.1, 0.15) is 23.5 Å².